The fourth-order valence-electron chi connectivity index (χ4n) is 3.79. The smallest absolute Gasteiger partial charge is 0.261 e. The molecule has 0 N–H and O–H groups in total. The molecule has 0 spiro atoms. The van der Waals surface area contributed by atoms with Gasteiger partial charge in [0.15, 0.2) is 0 Å². The Labute approximate surface area is 197 Å². The van der Waals surface area contributed by atoms with Crippen LogP contribution >= 0.6 is 15.9 Å². The Bertz CT molecular complexity index is 1210. The van der Waals surface area contributed by atoms with Crippen molar-refractivity contribution in [2.75, 3.05) is 18.0 Å². The largest absolute Gasteiger partial charge is 0.306 e. The highest BCUT2D eigenvalue weighted by Gasteiger charge is 2.34. The van der Waals surface area contributed by atoms with Crippen LogP contribution in [0.15, 0.2) is 71.2 Å². The van der Waals surface area contributed by atoms with E-state index in [0.29, 0.717) is 34.0 Å². The fraction of sp³-hybridized carbons (Fsp3) is 0.160. The van der Waals surface area contributed by atoms with Crippen molar-refractivity contribution in [2.24, 2.45) is 0 Å². The Hall–Kier alpha value is -3.39. The number of halogens is 3. The highest BCUT2D eigenvalue weighted by molar-refractivity contribution is 9.10. The average molecular weight is 513 g/mol. The molecular formula is C25H19BrF2N2O3. The zero-order valence-corrected chi connectivity index (χ0v) is 19.0. The van der Waals surface area contributed by atoms with Gasteiger partial charge in [0, 0.05) is 29.2 Å². The Morgan fingerprint density at radius 3 is 2.21 bits per heavy atom. The van der Waals surface area contributed by atoms with Crippen molar-refractivity contribution in [3.05, 3.63) is 99.5 Å². The first kappa shape index (κ1) is 22.8. The van der Waals surface area contributed by atoms with Gasteiger partial charge in [0.1, 0.15) is 11.6 Å². The first-order valence-electron chi connectivity index (χ1n) is 10.3. The van der Waals surface area contributed by atoms with E-state index in [-0.39, 0.29) is 30.6 Å². The molecule has 0 aromatic heterocycles. The number of rotatable bonds is 7. The number of benzene rings is 3. The Balaban J connectivity index is 1.48. The summed E-state index contributed by atoms with van der Waals surface area (Å²) >= 11 is 3.32. The molecule has 1 heterocycles. The van der Waals surface area contributed by atoms with Crippen LogP contribution in [0.3, 0.4) is 0 Å². The van der Waals surface area contributed by atoms with E-state index in [2.05, 4.69) is 15.9 Å². The summed E-state index contributed by atoms with van der Waals surface area (Å²) < 4.78 is 28.7. The molecule has 3 aromatic carbocycles. The number of hydrogen-bond acceptors (Lipinski definition) is 3. The summed E-state index contributed by atoms with van der Waals surface area (Å²) in [5.74, 6) is -2.72. The monoisotopic (exact) mass is 512 g/mol. The van der Waals surface area contributed by atoms with Crippen LogP contribution in [0.1, 0.15) is 43.9 Å². The van der Waals surface area contributed by atoms with Crippen molar-refractivity contribution in [2.45, 2.75) is 12.8 Å². The molecule has 0 atom stereocenters. The van der Waals surface area contributed by atoms with Gasteiger partial charge in [-0.1, -0.05) is 34.1 Å². The second-order valence-corrected chi connectivity index (χ2v) is 8.49. The van der Waals surface area contributed by atoms with Gasteiger partial charge in [-0.3, -0.25) is 19.3 Å². The lowest BCUT2D eigenvalue weighted by atomic mass is 10.1. The maximum absolute atomic E-state index is 14.5. The normalized spacial score (nSPS) is 12.8. The molecule has 1 aliphatic rings. The molecule has 4 rings (SSSR count). The number of imide groups is 1. The number of fused-ring (bicyclic) bond motifs is 1. The lowest BCUT2D eigenvalue weighted by Crippen LogP contribution is -2.34. The molecule has 0 unspecified atom stereocenters. The zero-order chi connectivity index (χ0) is 23.5. The van der Waals surface area contributed by atoms with Gasteiger partial charge in [0.25, 0.3) is 17.7 Å². The van der Waals surface area contributed by atoms with E-state index >= 15 is 0 Å². The fourth-order valence-corrected chi connectivity index (χ4v) is 4.19. The van der Waals surface area contributed by atoms with Gasteiger partial charge in [0.05, 0.1) is 16.8 Å². The van der Waals surface area contributed by atoms with Crippen LogP contribution in [-0.2, 0) is 0 Å². The lowest BCUT2D eigenvalue weighted by molar-refractivity contribution is 0.0651. The number of carbonyl (C=O) groups is 3. The first-order valence-corrected chi connectivity index (χ1v) is 11.1. The molecule has 0 radical (unpaired) electrons. The second kappa shape index (κ2) is 9.62. The van der Waals surface area contributed by atoms with Crippen LogP contribution in [-0.4, -0.2) is 35.7 Å². The molecule has 5 nitrogen and oxygen atoms in total. The topological polar surface area (TPSA) is 57.7 Å². The van der Waals surface area contributed by atoms with Gasteiger partial charge >= 0.3 is 0 Å². The quantitative estimate of drug-likeness (QED) is 0.312. The minimum absolute atomic E-state index is 0.0397. The average Bonchev–Trinajstić information content (AvgIpc) is 3.04. The standard InChI is InChI=1S/C25H19BrF2N2O3/c26-17-7-5-6-16(14-17)23(31)29(22-11-10-18(27)15-21(22)28)12-3-4-13-30-24(32)19-8-1-2-9-20(19)25(30)33/h1-2,5-11,14-15H,3-4,12-13H2. The van der Waals surface area contributed by atoms with Crippen molar-refractivity contribution >= 4 is 39.3 Å². The van der Waals surface area contributed by atoms with E-state index in [0.717, 1.165) is 12.1 Å². The molecule has 168 valence electrons. The predicted molar refractivity (Wildman–Crippen MR) is 123 cm³/mol. The number of anilines is 1. The summed E-state index contributed by atoms with van der Waals surface area (Å²) in [6, 6.07) is 16.4. The molecule has 0 saturated heterocycles. The molecule has 33 heavy (non-hydrogen) atoms. The summed E-state index contributed by atoms with van der Waals surface area (Å²) in [5, 5.41) is 0. The van der Waals surface area contributed by atoms with Crippen LogP contribution in [0.4, 0.5) is 14.5 Å². The van der Waals surface area contributed by atoms with Crippen molar-refractivity contribution in [1.82, 2.24) is 4.90 Å². The molecule has 0 fully saturated rings. The Kier molecular flexibility index (Phi) is 6.65. The molecule has 8 heteroatoms. The van der Waals surface area contributed by atoms with Gasteiger partial charge in [0.2, 0.25) is 0 Å². The van der Waals surface area contributed by atoms with Crippen LogP contribution in [0, 0.1) is 11.6 Å². The molecule has 3 amide bonds. The van der Waals surface area contributed by atoms with Crippen molar-refractivity contribution in [1.29, 1.82) is 0 Å². The number of unbranched alkanes of at least 4 members (excludes halogenated alkanes) is 1. The van der Waals surface area contributed by atoms with Crippen molar-refractivity contribution < 1.29 is 23.2 Å². The highest BCUT2D eigenvalue weighted by Crippen LogP contribution is 2.25. The number of nitrogens with zero attached hydrogens (tertiary/aromatic N) is 2. The summed E-state index contributed by atoms with van der Waals surface area (Å²) in [7, 11) is 0. The van der Waals surface area contributed by atoms with Crippen LogP contribution in [0.5, 0.6) is 0 Å². The maximum Gasteiger partial charge on any atom is 0.261 e. The van der Waals surface area contributed by atoms with E-state index in [1.54, 1.807) is 48.5 Å². The number of hydrogen-bond donors (Lipinski definition) is 0. The Morgan fingerprint density at radius 1 is 0.879 bits per heavy atom. The third-order valence-electron chi connectivity index (χ3n) is 5.41. The van der Waals surface area contributed by atoms with Gasteiger partial charge in [-0.25, -0.2) is 8.78 Å². The van der Waals surface area contributed by atoms with E-state index in [9.17, 15) is 23.2 Å². The van der Waals surface area contributed by atoms with Gasteiger partial charge < -0.3 is 4.90 Å². The van der Waals surface area contributed by atoms with E-state index in [4.69, 9.17) is 0 Å². The Morgan fingerprint density at radius 2 is 1.58 bits per heavy atom. The summed E-state index contributed by atoms with van der Waals surface area (Å²) in [6.07, 6.45) is 0.806. The highest BCUT2D eigenvalue weighted by atomic mass is 79.9. The van der Waals surface area contributed by atoms with Crippen LogP contribution in [0.25, 0.3) is 0 Å². The van der Waals surface area contributed by atoms with Gasteiger partial charge in [-0.05, 0) is 55.3 Å². The molecule has 0 aliphatic carbocycles. The molecule has 3 aromatic rings. The molecular weight excluding hydrogens is 494 g/mol. The van der Waals surface area contributed by atoms with E-state index in [1.165, 1.54) is 15.9 Å². The third-order valence-corrected chi connectivity index (χ3v) is 5.90. The van der Waals surface area contributed by atoms with Crippen LogP contribution in [0.2, 0.25) is 0 Å². The first-order chi connectivity index (χ1) is 15.9. The molecule has 0 saturated carbocycles. The predicted octanol–water partition coefficient (Wildman–Crippen LogP) is 5.45. The van der Waals surface area contributed by atoms with E-state index < -0.39 is 17.5 Å². The van der Waals surface area contributed by atoms with Gasteiger partial charge in [-0.15, -0.1) is 0 Å². The van der Waals surface area contributed by atoms with E-state index in [1.807, 2.05) is 0 Å². The van der Waals surface area contributed by atoms with Crippen molar-refractivity contribution in [3.8, 4) is 0 Å². The minimum atomic E-state index is -0.848. The maximum atomic E-state index is 14.5. The summed E-state index contributed by atoms with van der Waals surface area (Å²) in [5.41, 5.74) is 1.06. The third kappa shape index (κ3) is 4.71. The second-order valence-electron chi connectivity index (χ2n) is 7.58. The zero-order valence-electron chi connectivity index (χ0n) is 17.4. The van der Waals surface area contributed by atoms with Gasteiger partial charge in [-0.2, -0.15) is 0 Å². The summed E-state index contributed by atoms with van der Waals surface area (Å²) in [4.78, 5) is 40.6. The number of amides is 3. The molecule has 0 bridgehead atoms. The SMILES string of the molecule is O=C1c2ccccc2C(=O)N1CCCCN(C(=O)c1cccc(Br)c1)c1ccc(F)cc1F. The number of carbonyl (C=O) groups excluding carboxylic acids is 3. The van der Waals surface area contributed by atoms with Crippen LogP contribution < -0.4 is 4.90 Å². The summed E-state index contributed by atoms with van der Waals surface area (Å²) in [6.45, 7) is 0.300. The molecule has 1 aliphatic heterocycles. The lowest BCUT2D eigenvalue weighted by Gasteiger charge is -2.24. The minimum Gasteiger partial charge on any atom is -0.306 e. The van der Waals surface area contributed by atoms with Crippen molar-refractivity contribution in [3.63, 3.8) is 0 Å².